The van der Waals surface area contributed by atoms with Gasteiger partial charge in [-0.15, -0.1) is 0 Å². The Balaban J connectivity index is 1.69. The van der Waals surface area contributed by atoms with Gasteiger partial charge in [0.1, 0.15) is 11.6 Å². The second-order valence-electron chi connectivity index (χ2n) is 6.52. The van der Waals surface area contributed by atoms with Crippen molar-refractivity contribution in [2.75, 3.05) is 6.54 Å². The molecular formula is C19H20ClFN2O3. The van der Waals surface area contributed by atoms with Crippen molar-refractivity contribution >= 4 is 17.5 Å². The molecule has 26 heavy (non-hydrogen) atoms. The van der Waals surface area contributed by atoms with E-state index in [1.165, 1.54) is 24.4 Å². The maximum absolute atomic E-state index is 13.2. The number of amides is 1. The summed E-state index contributed by atoms with van der Waals surface area (Å²) in [4.78, 5) is 16.4. The fourth-order valence-corrected chi connectivity index (χ4v) is 3.23. The number of nitrogens with one attached hydrogen (secondary N) is 1. The Kier molecular flexibility index (Phi) is 5.74. The molecule has 1 amide bonds. The van der Waals surface area contributed by atoms with Gasteiger partial charge >= 0.3 is 0 Å². The summed E-state index contributed by atoms with van der Waals surface area (Å²) in [5.41, 5.74) is -0.639. The highest BCUT2D eigenvalue weighted by atomic mass is 35.5. The molecule has 0 atom stereocenters. The molecule has 1 fully saturated rings. The normalized spacial score (nSPS) is 16.1. The molecule has 0 bridgehead atoms. The lowest BCUT2D eigenvalue weighted by molar-refractivity contribution is 0.00526. The quantitative estimate of drug-likeness (QED) is 0.822. The van der Waals surface area contributed by atoms with Crippen LogP contribution in [-0.4, -0.2) is 28.1 Å². The lowest BCUT2D eigenvalue weighted by Gasteiger charge is -2.32. The number of aromatic nitrogens is 1. The van der Waals surface area contributed by atoms with E-state index in [4.69, 9.17) is 16.3 Å². The molecule has 1 aliphatic carbocycles. The van der Waals surface area contributed by atoms with E-state index in [1.54, 1.807) is 6.07 Å². The zero-order chi connectivity index (χ0) is 18.6. The molecule has 1 aliphatic rings. The number of ether oxygens (including phenoxy) is 1. The number of carbonyl (C=O) groups excluding carboxylic acids is 1. The van der Waals surface area contributed by atoms with Crippen LogP contribution in [0.25, 0.3) is 0 Å². The number of carbonyl (C=O) groups is 1. The Labute approximate surface area is 156 Å². The molecule has 0 unspecified atom stereocenters. The van der Waals surface area contributed by atoms with Crippen molar-refractivity contribution in [2.45, 2.75) is 37.7 Å². The third-order valence-corrected chi connectivity index (χ3v) is 4.79. The molecule has 0 aliphatic heterocycles. The van der Waals surface area contributed by atoms with Gasteiger partial charge in [-0.25, -0.2) is 9.37 Å². The van der Waals surface area contributed by atoms with E-state index >= 15 is 0 Å². The summed E-state index contributed by atoms with van der Waals surface area (Å²) in [6.07, 6.45) is 5.66. The zero-order valence-electron chi connectivity index (χ0n) is 14.2. The van der Waals surface area contributed by atoms with Crippen LogP contribution in [0.5, 0.6) is 11.6 Å². The second-order valence-corrected chi connectivity index (χ2v) is 6.93. The average Bonchev–Trinajstić information content (AvgIpc) is 2.62. The molecule has 3 rings (SSSR count). The summed E-state index contributed by atoms with van der Waals surface area (Å²) in [5, 5.41) is 13.5. The predicted molar refractivity (Wildman–Crippen MR) is 96.1 cm³/mol. The van der Waals surface area contributed by atoms with E-state index in [0.717, 1.165) is 25.3 Å². The highest BCUT2D eigenvalue weighted by molar-refractivity contribution is 6.33. The van der Waals surface area contributed by atoms with Crippen molar-refractivity contribution in [1.29, 1.82) is 0 Å². The first kappa shape index (κ1) is 18.6. The second kappa shape index (κ2) is 8.01. The van der Waals surface area contributed by atoms with Gasteiger partial charge in [-0.05, 0) is 37.1 Å². The molecule has 138 valence electrons. The van der Waals surface area contributed by atoms with Crippen LogP contribution in [0.3, 0.4) is 0 Å². The molecular weight excluding hydrogens is 359 g/mol. The summed E-state index contributed by atoms with van der Waals surface area (Å²) in [5.74, 6) is -0.474. The number of benzene rings is 1. The molecule has 0 spiro atoms. The number of hydrogen-bond donors (Lipinski definition) is 2. The van der Waals surface area contributed by atoms with Crippen molar-refractivity contribution in [2.24, 2.45) is 0 Å². The molecule has 5 nitrogen and oxygen atoms in total. The van der Waals surface area contributed by atoms with Crippen LogP contribution < -0.4 is 10.1 Å². The van der Waals surface area contributed by atoms with Crippen LogP contribution in [0, 0.1) is 5.82 Å². The van der Waals surface area contributed by atoms with Gasteiger partial charge < -0.3 is 15.2 Å². The molecule has 1 heterocycles. The summed E-state index contributed by atoms with van der Waals surface area (Å²) < 4.78 is 18.7. The van der Waals surface area contributed by atoms with Crippen LogP contribution in [-0.2, 0) is 0 Å². The van der Waals surface area contributed by atoms with Crippen LogP contribution in [0.4, 0.5) is 4.39 Å². The van der Waals surface area contributed by atoms with Crippen LogP contribution in [0.2, 0.25) is 5.02 Å². The smallest absolute Gasteiger partial charge is 0.253 e. The monoisotopic (exact) mass is 378 g/mol. The van der Waals surface area contributed by atoms with E-state index in [-0.39, 0.29) is 23.0 Å². The van der Waals surface area contributed by atoms with Crippen molar-refractivity contribution in [3.63, 3.8) is 0 Å². The Morgan fingerprint density at radius 2 is 2.04 bits per heavy atom. The molecule has 2 aromatic rings. The van der Waals surface area contributed by atoms with Crippen molar-refractivity contribution < 1.29 is 19.0 Å². The minimum absolute atomic E-state index is 0.0789. The van der Waals surface area contributed by atoms with Gasteiger partial charge in [-0.1, -0.05) is 30.9 Å². The van der Waals surface area contributed by atoms with Gasteiger partial charge in [-0.3, -0.25) is 4.79 Å². The topological polar surface area (TPSA) is 71.5 Å². The minimum atomic E-state index is -0.861. The van der Waals surface area contributed by atoms with E-state index in [0.29, 0.717) is 18.6 Å². The summed E-state index contributed by atoms with van der Waals surface area (Å²) >= 11 is 6.12. The first-order valence-electron chi connectivity index (χ1n) is 8.55. The summed E-state index contributed by atoms with van der Waals surface area (Å²) in [7, 11) is 0. The van der Waals surface area contributed by atoms with E-state index in [2.05, 4.69) is 10.3 Å². The molecule has 0 saturated heterocycles. The molecule has 0 radical (unpaired) electrons. The lowest BCUT2D eigenvalue weighted by Crippen LogP contribution is -2.44. The third-order valence-electron chi connectivity index (χ3n) is 4.46. The van der Waals surface area contributed by atoms with Gasteiger partial charge in [0.25, 0.3) is 5.91 Å². The van der Waals surface area contributed by atoms with E-state index in [1.807, 2.05) is 0 Å². The highest BCUT2D eigenvalue weighted by Crippen LogP contribution is 2.28. The summed E-state index contributed by atoms with van der Waals surface area (Å²) in [6, 6.07) is 6.92. The standard InChI is InChI=1S/C19H20ClFN2O3/c20-16-5-4-14(26-17-10-13(21)6-9-22-17)11-15(16)18(24)23-12-19(25)7-2-1-3-8-19/h4-6,9-11,25H,1-3,7-8,12H2,(H,23,24). The highest BCUT2D eigenvalue weighted by Gasteiger charge is 2.29. The fourth-order valence-electron chi connectivity index (χ4n) is 3.03. The van der Waals surface area contributed by atoms with Crippen molar-refractivity contribution in [1.82, 2.24) is 10.3 Å². The summed E-state index contributed by atoms with van der Waals surface area (Å²) in [6.45, 7) is 0.179. The zero-order valence-corrected chi connectivity index (χ0v) is 14.9. The number of rotatable bonds is 5. The number of halogens is 2. The predicted octanol–water partition coefficient (Wildman–Crippen LogP) is 4.09. The lowest BCUT2D eigenvalue weighted by atomic mass is 9.85. The van der Waals surface area contributed by atoms with E-state index in [9.17, 15) is 14.3 Å². The molecule has 1 aromatic carbocycles. The molecule has 1 aromatic heterocycles. The minimum Gasteiger partial charge on any atom is -0.439 e. The Bertz CT molecular complexity index is 794. The largest absolute Gasteiger partial charge is 0.439 e. The van der Waals surface area contributed by atoms with Gasteiger partial charge in [0.15, 0.2) is 0 Å². The fraction of sp³-hybridized carbons (Fsp3) is 0.368. The maximum atomic E-state index is 13.2. The Morgan fingerprint density at radius 3 is 2.77 bits per heavy atom. The average molecular weight is 379 g/mol. The number of hydrogen-bond acceptors (Lipinski definition) is 4. The van der Waals surface area contributed by atoms with Crippen LogP contribution in [0.15, 0.2) is 36.5 Å². The van der Waals surface area contributed by atoms with E-state index < -0.39 is 17.3 Å². The maximum Gasteiger partial charge on any atom is 0.253 e. The first-order chi connectivity index (χ1) is 12.5. The van der Waals surface area contributed by atoms with Gasteiger partial charge in [-0.2, -0.15) is 0 Å². The number of nitrogens with zero attached hydrogens (tertiary/aromatic N) is 1. The van der Waals surface area contributed by atoms with Crippen LogP contribution >= 0.6 is 11.6 Å². The SMILES string of the molecule is O=C(NCC1(O)CCCCC1)c1cc(Oc2cc(F)ccn2)ccc1Cl. The molecule has 1 saturated carbocycles. The van der Waals surface area contributed by atoms with Gasteiger partial charge in [0.2, 0.25) is 5.88 Å². The van der Waals surface area contributed by atoms with Crippen molar-refractivity contribution in [3.05, 3.63) is 52.9 Å². The first-order valence-corrected chi connectivity index (χ1v) is 8.93. The number of pyridine rings is 1. The Morgan fingerprint density at radius 1 is 1.27 bits per heavy atom. The molecule has 2 N–H and O–H groups in total. The molecule has 7 heteroatoms. The number of aliphatic hydroxyl groups is 1. The third kappa shape index (κ3) is 4.71. The van der Waals surface area contributed by atoms with Gasteiger partial charge in [0.05, 0.1) is 16.2 Å². The van der Waals surface area contributed by atoms with Gasteiger partial charge in [0, 0.05) is 18.8 Å². The van der Waals surface area contributed by atoms with Crippen molar-refractivity contribution in [3.8, 4) is 11.6 Å². The Hall–Kier alpha value is -2.18. The van der Waals surface area contributed by atoms with Crippen LogP contribution in [0.1, 0.15) is 42.5 Å².